The maximum absolute atomic E-state index is 9.71. The van der Waals surface area contributed by atoms with Gasteiger partial charge in [0.05, 0.1) is 6.10 Å². The van der Waals surface area contributed by atoms with Gasteiger partial charge in [-0.15, -0.1) is 5.92 Å². The van der Waals surface area contributed by atoms with E-state index in [1.54, 1.807) is 0 Å². The van der Waals surface area contributed by atoms with Gasteiger partial charge in [-0.1, -0.05) is 44.9 Å². The highest BCUT2D eigenvalue weighted by atomic mass is 16.3. The molecule has 2 atom stereocenters. The fraction of sp³-hybridized carbons (Fsp3) is 0.857. The summed E-state index contributed by atoms with van der Waals surface area (Å²) in [7, 11) is 0. The molecule has 1 heteroatoms. The van der Waals surface area contributed by atoms with Crippen molar-refractivity contribution in [2.45, 2.75) is 70.8 Å². The molecule has 15 heavy (non-hydrogen) atoms. The summed E-state index contributed by atoms with van der Waals surface area (Å²) in [5.41, 5.74) is 0. The summed E-state index contributed by atoms with van der Waals surface area (Å²) in [4.78, 5) is 0. The summed E-state index contributed by atoms with van der Waals surface area (Å²) in [5.74, 6) is 6.75. The Morgan fingerprint density at radius 2 is 1.93 bits per heavy atom. The van der Waals surface area contributed by atoms with Crippen molar-refractivity contribution in [3.05, 3.63) is 0 Å². The van der Waals surface area contributed by atoms with Crippen LogP contribution in [0.3, 0.4) is 0 Å². The predicted octanol–water partition coefficient (Wildman–Crippen LogP) is 3.51. The van der Waals surface area contributed by atoms with Crippen LogP contribution >= 0.6 is 0 Å². The van der Waals surface area contributed by atoms with Crippen LogP contribution in [-0.4, -0.2) is 11.2 Å². The average Bonchev–Trinajstić information content (AvgIpc) is 2.25. The summed E-state index contributed by atoms with van der Waals surface area (Å²) in [6, 6.07) is 0. The van der Waals surface area contributed by atoms with E-state index in [1.165, 1.54) is 38.5 Å². The van der Waals surface area contributed by atoms with Crippen molar-refractivity contribution in [2.24, 2.45) is 5.92 Å². The molecule has 0 aliphatic heterocycles. The van der Waals surface area contributed by atoms with E-state index in [2.05, 4.69) is 18.8 Å². The lowest BCUT2D eigenvalue weighted by molar-refractivity contribution is 0.0969. The van der Waals surface area contributed by atoms with Crippen molar-refractivity contribution in [2.75, 3.05) is 0 Å². The summed E-state index contributed by atoms with van der Waals surface area (Å²) >= 11 is 0. The van der Waals surface area contributed by atoms with Gasteiger partial charge in [-0.25, -0.2) is 0 Å². The molecule has 1 fully saturated rings. The minimum Gasteiger partial charge on any atom is -0.392 e. The maximum Gasteiger partial charge on any atom is 0.0677 e. The first-order valence-electron chi connectivity index (χ1n) is 6.51. The van der Waals surface area contributed by atoms with E-state index in [1.807, 2.05) is 0 Å². The van der Waals surface area contributed by atoms with Crippen LogP contribution in [0.5, 0.6) is 0 Å². The summed E-state index contributed by atoms with van der Waals surface area (Å²) in [6.45, 7) is 2.23. The van der Waals surface area contributed by atoms with Crippen molar-refractivity contribution >= 4 is 0 Å². The second-order valence-corrected chi connectivity index (χ2v) is 4.59. The van der Waals surface area contributed by atoms with Gasteiger partial charge in [-0.3, -0.25) is 0 Å². The first-order chi connectivity index (χ1) is 7.34. The Bertz CT molecular complexity index is 211. The van der Waals surface area contributed by atoms with Crippen LogP contribution in [0.15, 0.2) is 0 Å². The molecule has 0 heterocycles. The quantitative estimate of drug-likeness (QED) is 0.553. The van der Waals surface area contributed by atoms with Crippen LogP contribution in [0.4, 0.5) is 0 Å². The van der Waals surface area contributed by atoms with Crippen LogP contribution in [0, 0.1) is 17.8 Å². The van der Waals surface area contributed by atoms with Crippen molar-refractivity contribution in [1.82, 2.24) is 0 Å². The zero-order valence-electron chi connectivity index (χ0n) is 9.97. The molecule has 0 saturated heterocycles. The van der Waals surface area contributed by atoms with Gasteiger partial charge in [0.1, 0.15) is 0 Å². The van der Waals surface area contributed by atoms with Gasteiger partial charge in [-0.05, 0) is 19.3 Å². The smallest absolute Gasteiger partial charge is 0.0677 e. The van der Waals surface area contributed by atoms with Crippen LogP contribution in [-0.2, 0) is 0 Å². The molecule has 1 aliphatic rings. The zero-order chi connectivity index (χ0) is 10.9. The Hall–Kier alpha value is -0.480. The van der Waals surface area contributed by atoms with Crippen molar-refractivity contribution in [3.8, 4) is 11.8 Å². The molecule has 1 rings (SSSR count). The first kappa shape index (κ1) is 12.6. The highest BCUT2D eigenvalue weighted by Crippen LogP contribution is 2.23. The minimum atomic E-state index is -0.151. The van der Waals surface area contributed by atoms with E-state index in [0.29, 0.717) is 0 Å². The van der Waals surface area contributed by atoms with Crippen LogP contribution < -0.4 is 0 Å². The molecule has 0 aromatic heterocycles. The standard InChI is InChI=1S/C14H24O/c1-2-3-4-5-6-7-10-13-11-8-9-12-14(13)15/h13-15H,2-6,8-9,11-12H2,1H3. The molecule has 0 amide bonds. The number of hydrogen-bond acceptors (Lipinski definition) is 1. The lowest BCUT2D eigenvalue weighted by atomic mass is 9.87. The molecular weight excluding hydrogens is 184 g/mol. The van der Waals surface area contributed by atoms with Gasteiger partial charge in [0.15, 0.2) is 0 Å². The molecule has 0 aromatic carbocycles. The topological polar surface area (TPSA) is 20.2 Å². The van der Waals surface area contributed by atoms with Crippen LogP contribution in [0.1, 0.15) is 64.7 Å². The molecular formula is C14H24O. The SMILES string of the molecule is CCCCCCC#CC1CCCCC1O. The van der Waals surface area contributed by atoms with Gasteiger partial charge in [0.2, 0.25) is 0 Å². The molecule has 1 aliphatic carbocycles. The van der Waals surface area contributed by atoms with Crippen LogP contribution in [0.2, 0.25) is 0 Å². The highest BCUT2D eigenvalue weighted by molar-refractivity contribution is 5.06. The van der Waals surface area contributed by atoms with Gasteiger partial charge < -0.3 is 5.11 Å². The molecule has 86 valence electrons. The fourth-order valence-corrected chi connectivity index (χ4v) is 2.12. The Morgan fingerprint density at radius 3 is 2.67 bits per heavy atom. The van der Waals surface area contributed by atoms with E-state index in [9.17, 15) is 5.11 Å². The molecule has 1 N–H and O–H groups in total. The maximum atomic E-state index is 9.71. The normalized spacial score (nSPS) is 25.7. The number of aliphatic hydroxyl groups excluding tert-OH is 1. The Labute approximate surface area is 94.3 Å². The molecule has 1 saturated carbocycles. The molecule has 0 aromatic rings. The molecule has 0 spiro atoms. The van der Waals surface area contributed by atoms with Crippen molar-refractivity contribution < 1.29 is 5.11 Å². The number of aliphatic hydroxyl groups is 1. The molecule has 0 bridgehead atoms. The number of rotatable bonds is 4. The highest BCUT2D eigenvalue weighted by Gasteiger charge is 2.20. The first-order valence-corrected chi connectivity index (χ1v) is 6.51. The van der Waals surface area contributed by atoms with Gasteiger partial charge >= 0.3 is 0 Å². The Balaban J connectivity index is 2.13. The fourth-order valence-electron chi connectivity index (χ4n) is 2.12. The second-order valence-electron chi connectivity index (χ2n) is 4.59. The van der Waals surface area contributed by atoms with Crippen LogP contribution in [0.25, 0.3) is 0 Å². The molecule has 2 unspecified atom stereocenters. The summed E-state index contributed by atoms with van der Waals surface area (Å²) in [5, 5.41) is 9.71. The predicted molar refractivity (Wildman–Crippen MR) is 64.5 cm³/mol. The molecule has 1 nitrogen and oxygen atoms in total. The van der Waals surface area contributed by atoms with Gasteiger partial charge in [0.25, 0.3) is 0 Å². The van der Waals surface area contributed by atoms with E-state index in [0.717, 1.165) is 19.3 Å². The monoisotopic (exact) mass is 208 g/mol. The third kappa shape index (κ3) is 5.23. The lowest BCUT2D eigenvalue weighted by Gasteiger charge is -2.22. The third-order valence-corrected chi connectivity index (χ3v) is 3.17. The molecule has 0 radical (unpaired) electrons. The largest absolute Gasteiger partial charge is 0.392 e. The minimum absolute atomic E-state index is 0.151. The van der Waals surface area contributed by atoms with E-state index >= 15 is 0 Å². The number of hydrogen-bond donors (Lipinski definition) is 1. The second kappa shape index (κ2) is 7.77. The van der Waals surface area contributed by atoms with Crippen molar-refractivity contribution in [1.29, 1.82) is 0 Å². The Kier molecular flexibility index (Phi) is 6.52. The van der Waals surface area contributed by atoms with Crippen molar-refractivity contribution in [3.63, 3.8) is 0 Å². The summed E-state index contributed by atoms with van der Waals surface area (Å²) < 4.78 is 0. The van der Waals surface area contributed by atoms with Gasteiger partial charge in [-0.2, -0.15) is 0 Å². The zero-order valence-corrected chi connectivity index (χ0v) is 9.97. The summed E-state index contributed by atoms with van der Waals surface area (Å²) in [6.07, 6.45) is 10.5. The average molecular weight is 208 g/mol. The van der Waals surface area contributed by atoms with E-state index in [-0.39, 0.29) is 12.0 Å². The Morgan fingerprint density at radius 1 is 1.13 bits per heavy atom. The number of unbranched alkanes of at least 4 members (excludes halogenated alkanes) is 4. The third-order valence-electron chi connectivity index (χ3n) is 3.17. The van der Waals surface area contributed by atoms with Gasteiger partial charge in [0, 0.05) is 12.3 Å². The lowest BCUT2D eigenvalue weighted by Crippen LogP contribution is -2.22. The van der Waals surface area contributed by atoms with E-state index < -0.39 is 0 Å². The van der Waals surface area contributed by atoms with E-state index in [4.69, 9.17) is 0 Å².